The molecule has 0 unspecified atom stereocenters. The molecule has 0 saturated heterocycles. The normalized spacial score (nSPS) is 16.9. The molecule has 28 heavy (non-hydrogen) atoms. The number of allylic oxidation sites excluding steroid dienone is 1. The largest absolute Gasteiger partial charge is 0.485 e. The standard InChI is InChI=1S/C21H15N3O3S/c25-20-18(12-6-9-14-7-2-1-3-8-14)28-21-22-19(23-24(20)21)17-13-26-15-10-4-5-11-16(15)27-17/h1-12,17H,13H2/b9-6+,18-12-/t17-/m1/s1. The van der Waals surface area contributed by atoms with Crippen LogP contribution in [0.1, 0.15) is 17.5 Å². The Kier molecular flexibility index (Phi) is 4.14. The third-order valence-corrected chi connectivity index (χ3v) is 5.31. The van der Waals surface area contributed by atoms with Gasteiger partial charge in [-0.3, -0.25) is 4.79 Å². The lowest BCUT2D eigenvalue weighted by molar-refractivity contribution is 0.0852. The van der Waals surface area contributed by atoms with E-state index >= 15 is 0 Å². The molecule has 6 nitrogen and oxygen atoms in total. The predicted molar refractivity (Wildman–Crippen MR) is 108 cm³/mol. The zero-order chi connectivity index (χ0) is 18.9. The lowest BCUT2D eigenvalue weighted by Crippen LogP contribution is -2.25. The molecule has 0 aliphatic carbocycles. The van der Waals surface area contributed by atoms with Crippen molar-refractivity contribution in [2.75, 3.05) is 6.61 Å². The highest BCUT2D eigenvalue weighted by Crippen LogP contribution is 2.35. The first kappa shape index (κ1) is 16.7. The molecule has 5 rings (SSSR count). The summed E-state index contributed by atoms with van der Waals surface area (Å²) in [4.78, 5) is 17.6. The molecule has 1 aliphatic rings. The van der Waals surface area contributed by atoms with Gasteiger partial charge in [0.1, 0.15) is 6.61 Å². The Balaban J connectivity index is 1.42. The fourth-order valence-corrected chi connectivity index (χ4v) is 3.82. The molecule has 2 aromatic carbocycles. The second kappa shape index (κ2) is 6.94. The second-order valence-electron chi connectivity index (χ2n) is 6.24. The third kappa shape index (κ3) is 3.05. The number of nitrogens with zero attached hydrogens (tertiary/aromatic N) is 3. The number of hydrogen-bond donors (Lipinski definition) is 0. The minimum Gasteiger partial charge on any atom is -0.485 e. The van der Waals surface area contributed by atoms with Gasteiger partial charge in [0.2, 0.25) is 4.96 Å². The molecule has 0 radical (unpaired) electrons. The van der Waals surface area contributed by atoms with Gasteiger partial charge in [-0.05, 0) is 23.8 Å². The van der Waals surface area contributed by atoms with Crippen molar-refractivity contribution in [2.45, 2.75) is 6.10 Å². The Morgan fingerprint density at radius 1 is 1.07 bits per heavy atom. The molecule has 3 heterocycles. The van der Waals surface area contributed by atoms with E-state index in [4.69, 9.17) is 9.47 Å². The van der Waals surface area contributed by atoms with Crippen LogP contribution in [0.2, 0.25) is 0 Å². The summed E-state index contributed by atoms with van der Waals surface area (Å²) in [6, 6.07) is 17.4. The Morgan fingerprint density at radius 3 is 2.68 bits per heavy atom. The average Bonchev–Trinajstić information content (AvgIpc) is 3.28. The Morgan fingerprint density at radius 2 is 1.86 bits per heavy atom. The van der Waals surface area contributed by atoms with E-state index in [1.165, 1.54) is 15.9 Å². The quantitative estimate of drug-likeness (QED) is 0.539. The molecule has 0 amide bonds. The molecule has 1 atom stereocenters. The predicted octanol–water partition coefficient (Wildman–Crippen LogP) is 2.88. The number of aromatic nitrogens is 3. The van der Waals surface area contributed by atoms with Crippen molar-refractivity contribution in [3.8, 4) is 11.5 Å². The summed E-state index contributed by atoms with van der Waals surface area (Å²) < 4.78 is 13.5. The number of hydrogen-bond acceptors (Lipinski definition) is 6. The Labute approximate surface area is 164 Å². The number of fused-ring (bicyclic) bond motifs is 2. The zero-order valence-electron chi connectivity index (χ0n) is 14.7. The summed E-state index contributed by atoms with van der Waals surface area (Å²) in [7, 11) is 0. The minimum absolute atomic E-state index is 0.186. The van der Waals surface area contributed by atoms with E-state index in [2.05, 4.69) is 10.1 Å². The van der Waals surface area contributed by atoms with Crippen LogP contribution >= 0.6 is 11.3 Å². The van der Waals surface area contributed by atoms with E-state index < -0.39 is 6.10 Å². The summed E-state index contributed by atoms with van der Waals surface area (Å²) in [6.45, 7) is 0.307. The highest BCUT2D eigenvalue weighted by Gasteiger charge is 2.26. The van der Waals surface area contributed by atoms with Gasteiger partial charge in [0.05, 0.1) is 4.53 Å². The molecule has 0 saturated carbocycles. The third-order valence-electron chi connectivity index (χ3n) is 4.33. The molecule has 0 spiro atoms. The number of ether oxygens (including phenoxy) is 2. The van der Waals surface area contributed by atoms with Crippen LogP contribution < -0.4 is 19.6 Å². The maximum Gasteiger partial charge on any atom is 0.291 e. The van der Waals surface area contributed by atoms with Crippen molar-refractivity contribution in [3.05, 3.63) is 86.9 Å². The molecular weight excluding hydrogens is 374 g/mol. The van der Waals surface area contributed by atoms with Crippen LogP contribution in [0.15, 0.2) is 65.5 Å². The molecule has 0 fully saturated rings. The van der Waals surface area contributed by atoms with Gasteiger partial charge in [-0.2, -0.15) is 9.50 Å². The first-order chi connectivity index (χ1) is 13.8. The highest BCUT2D eigenvalue weighted by molar-refractivity contribution is 7.15. The van der Waals surface area contributed by atoms with E-state index in [9.17, 15) is 4.79 Å². The van der Waals surface area contributed by atoms with Crippen molar-refractivity contribution in [1.82, 2.24) is 14.6 Å². The van der Waals surface area contributed by atoms with E-state index in [1.807, 2.05) is 66.7 Å². The van der Waals surface area contributed by atoms with Crippen molar-refractivity contribution in [3.63, 3.8) is 0 Å². The molecule has 4 aromatic rings. The fraction of sp³-hybridized carbons (Fsp3) is 0.0952. The topological polar surface area (TPSA) is 65.7 Å². The van der Waals surface area contributed by atoms with Crippen LogP contribution in [-0.2, 0) is 0 Å². The van der Waals surface area contributed by atoms with Gasteiger partial charge in [0.15, 0.2) is 23.4 Å². The smallest absolute Gasteiger partial charge is 0.291 e. The van der Waals surface area contributed by atoms with Gasteiger partial charge in [0.25, 0.3) is 5.56 Å². The summed E-state index contributed by atoms with van der Waals surface area (Å²) in [5, 5.41) is 4.35. The van der Waals surface area contributed by atoms with Crippen molar-refractivity contribution < 1.29 is 9.47 Å². The van der Waals surface area contributed by atoms with Gasteiger partial charge in [0, 0.05) is 0 Å². The molecule has 0 bridgehead atoms. The molecule has 138 valence electrons. The van der Waals surface area contributed by atoms with Gasteiger partial charge in [-0.25, -0.2) is 0 Å². The zero-order valence-corrected chi connectivity index (χ0v) is 15.5. The first-order valence-corrected chi connectivity index (χ1v) is 9.61. The van der Waals surface area contributed by atoms with Crippen LogP contribution in [0.4, 0.5) is 0 Å². The van der Waals surface area contributed by atoms with E-state index in [1.54, 1.807) is 6.08 Å². The SMILES string of the molecule is O=c1/c(=C/C=C/c2ccccc2)sc2nc([C@H]3COc4ccccc4O3)nn12. The minimum atomic E-state index is -0.438. The Bertz CT molecular complexity index is 1280. The van der Waals surface area contributed by atoms with Crippen LogP contribution in [0.5, 0.6) is 11.5 Å². The van der Waals surface area contributed by atoms with Gasteiger partial charge in [-0.1, -0.05) is 66.0 Å². The monoisotopic (exact) mass is 389 g/mol. The molecule has 0 N–H and O–H groups in total. The maximum atomic E-state index is 12.6. The number of rotatable bonds is 3. The first-order valence-electron chi connectivity index (χ1n) is 8.79. The summed E-state index contributed by atoms with van der Waals surface area (Å²) in [5.41, 5.74) is 0.885. The average molecular weight is 389 g/mol. The maximum absolute atomic E-state index is 12.6. The highest BCUT2D eigenvalue weighted by atomic mass is 32.1. The van der Waals surface area contributed by atoms with E-state index in [-0.39, 0.29) is 5.56 Å². The number of benzene rings is 2. The molecule has 1 aliphatic heterocycles. The Hall–Kier alpha value is -3.45. The van der Waals surface area contributed by atoms with E-state index in [0.29, 0.717) is 33.4 Å². The summed E-state index contributed by atoms with van der Waals surface area (Å²) >= 11 is 1.30. The van der Waals surface area contributed by atoms with Crippen LogP contribution in [0.3, 0.4) is 0 Å². The van der Waals surface area contributed by atoms with Crippen LogP contribution in [0, 0.1) is 0 Å². The number of thiazole rings is 1. The van der Waals surface area contributed by atoms with Gasteiger partial charge < -0.3 is 9.47 Å². The van der Waals surface area contributed by atoms with Crippen molar-refractivity contribution in [2.24, 2.45) is 0 Å². The summed E-state index contributed by atoms with van der Waals surface area (Å²) in [6.07, 6.45) is 5.15. The fourth-order valence-electron chi connectivity index (χ4n) is 2.96. The second-order valence-corrected chi connectivity index (χ2v) is 7.25. The lowest BCUT2D eigenvalue weighted by Gasteiger charge is -2.24. The lowest BCUT2D eigenvalue weighted by atomic mass is 10.2. The molecular formula is C21H15N3O3S. The molecule has 7 heteroatoms. The number of para-hydroxylation sites is 2. The van der Waals surface area contributed by atoms with E-state index in [0.717, 1.165) is 5.56 Å². The van der Waals surface area contributed by atoms with Crippen LogP contribution in [0.25, 0.3) is 17.1 Å². The van der Waals surface area contributed by atoms with Crippen molar-refractivity contribution in [1.29, 1.82) is 0 Å². The molecule has 2 aromatic heterocycles. The summed E-state index contributed by atoms with van der Waals surface area (Å²) in [5.74, 6) is 1.80. The van der Waals surface area contributed by atoms with Crippen molar-refractivity contribution >= 4 is 28.4 Å². The van der Waals surface area contributed by atoms with Crippen LogP contribution in [-0.4, -0.2) is 21.2 Å². The van der Waals surface area contributed by atoms with Gasteiger partial charge >= 0.3 is 0 Å². The van der Waals surface area contributed by atoms with Gasteiger partial charge in [-0.15, -0.1) is 5.10 Å².